The van der Waals surface area contributed by atoms with Gasteiger partial charge < -0.3 is 44.9 Å². The third-order valence-electron chi connectivity index (χ3n) is 6.67. The molecule has 3 aromatic rings. The maximum atomic E-state index is 11.9. The zero-order valence-electron chi connectivity index (χ0n) is 26.4. The van der Waals surface area contributed by atoms with Crippen molar-refractivity contribution in [3.05, 3.63) is 71.3 Å². The second-order valence-corrected chi connectivity index (χ2v) is 10.4. The predicted octanol–water partition coefficient (Wildman–Crippen LogP) is 4.79. The van der Waals surface area contributed by atoms with Gasteiger partial charge >= 0.3 is 23.8 Å². The fourth-order valence-corrected chi connectivity index (χ4v) is 4.45. The van der Waals surface area contributed by atoms with Gasteiger partial charge in [0.1, 0.15) is 18.0 Å². The van der Waals surface area contributed by atoms with Gasteiger partial charge in [-0.15, -0.1) is 0 Å². The van der Waals surface area contributed by atoms with Gasteiger partial charge in [0.15, 0.2) is 11.5 Å². The summed E-state index contributed by atoms with van der Waals surface area (Å²) in [4.78, 5) is 44.8. The number of benzene rings is 3. The lowest BCUT2D eigenvalue weighted by molar-refractivity contribution is -0.147. The van der Waals surface area contributed by atoms with E-state index >= 15 is 0 Å². The highest BCUT2D eigenvalue weighted by Gasteiger charge is 2.15. The van der Waals surface area contributed by atoms with E-state index in [0.717, 1.165) is 16.7 Å². The largest absolute Gasteiger partial charge is 0.492 e. The van der Waals surface area contributed by atoms with Crippen molar-refractivity contribution in [1.29, 1.82) is 0 Å². The lowest BCUT2D eigenvalue weighted by atomic mass is 10.1. The topological polar surface area (TPSA) is 190 Å². The van der Waals surface area contributed by atoms with Gasteiger partial charge in [-0.1, -0.05) is 18.2 Å². The lowest BCUT2D eigenvalue weighted by Gasteiger charge is -2.15. The number of aryl methyl sites for hydroxylation is 3. The molecular formula is C34H40N2O11. The minimum absolute atomic E-state index is 0.0228. The first kappa shape index (κ1) is 36.0. The van der Waals surface area contributed by atoms with E-state index < -0.39 is 23.8 Å². The van der Waals surface area contributed by atoms with Crippen molar-refractivity contribution in [2.24, 2.45) is 0 Å². The van der Waals surface area contributed by atoms with Gasteiger partial charge in [-0.05, 0) is 92.6 Å². The Kier molecular flexibility index (Phi) is 14.2. The maximum absolute atomic E-state index is 11.9. The van der Waals surface area contributed by atoms with Gasteiger partial charge in [-0.3, -0.25) is 14.4 Å². The summed E-state index contributed by atoms with van der Waals surface area (Å²) in [5.41, 5.74) is 3.61. The number of hydrogen-bond donors (Lipinski definition) is 5. The Hall–Kier alpha value is -5.46. The molecule has 0 aliphatic rings. The number of rotatable bonds is 20. The molecule has 1 amide bonds. The molecular weight excluding hydrogens is 612 g/mol. The molecule has 0 radical (unpaired) electrons. The van der Waals surface area contributed by atoms with Crippen molar-refractivity contribution in [3.8, 4) is 23.0 Å². The molecule has 0 unspecified atom stereocenters. The summed E-state index contributed by atoms with van der Waals surface area (Å²) in [6.45, 7) is 4.57. The van der Waals surface area contributed by atoms with Crippen molar-refractivity contribution < 1.29 is 53.4 Å². The number of amides is 1. The van der Waals surface area contributed by atoms with E-state index in [1.807, 2.05) is 38.1 Å². The average molecular weight is 653 g/mol. The summed E-state index contributed by atoms with van der Waals surface area (Å²) in [5, 5.41) is 32.1. The molecule has 13 heteroatoms. The Balaban J connectivity index is 1.61. The Morgan fingerprint density at radius 2 is 1.26 bits per heavy atom. The average Bonchev–Trinajstić information content (AvgIpc) is 3.02. The monoisotopic (exact) mass is 652 g/mol. The van der Waals surface area contributed by atoms with Crippen LogP contribution in [0.4, 0.5) is 11.4 Å². The normalized spacial score (nSPS) is 10.5. The highest BCUT2D eigenvalue weighted by atomic mass is 16.5. The molecule has 5 N–H and O–H groups in total. The lowest BCUT2D eigenvalue weighted by Crippen LogP contribution is -2.22. The first-order valence-corrected chi connectivity index (χ1v) is 15.1. The SMILES string of the molecule is CCOc1cc(CCCOc2cc(CCCOc3cc(C)ccc3OCCC(=O)O)ccc2NC(=O)C(=O)O)ccc1NCC(=O)O. The van der Waals surface area contributed by atoms with E-state index in [2.05, 4.69) is 10.6 Å². The Labute approximate surface area is 272 Å². The molecule has 0 aromatic heterocycles. The predicted molar refractivity (Wildman–Crippen MR) is 173 cm³/mol. The van der Waals surface area contributed by atoms with Gasteiger partial charge in [0.2, 0.25) is 0 Å². The molecule has 0 atom stereocenters. The molecule has 47 heavy (non-hydrogen) atoms. The van der Waals surface area contributed by atoms with Crippen molar-refractivity contribution in [2.75, 3.05) is 43.6 Å². The minimum Gasteiger partial charge on any atom is -0.492 e. The first-order chi connectivity index (χ1) is 22.5. The van der Waals surface area contributed by atoms with Crippen LogP contribution in [-0.4, -0.2) is 72.1 Å². The number of anilines is 2. The van der Waals surface area contributed by atoms with E-state index in [1.165, 1.54) is 0 Å². The Morgan fingerprint density at radius 1 is 0.660 bits per heavy atom. The second-order valence-electron chi connectivity index (χ2n) is 10.4. The van der Waals surface area contributed by atoms with Gasteiger partial charge in [-0.25, -0.2) is 4.79 Å². The number of carbonyl (C=O) groups is 4. The van der Waals surface area contributed by atoms with Crippen molar-refractivity contribution in [1.82, 2.24) is 0 Å². The second kappa shape index (κ2) is 18.5. The number of aliphatic carboxylic acids is 3. The van der Waals surface area contributed by atoms with Crippen LogP contribution >= 0.6 is 0 Å². The summed E-state index contributed by atoms with van der Waals surface area (Å²) >= 11 is 0. The standard InChI is InChI=1S/C34H40N2O11/c1-3-44-28-19-23(9-11-25(28)35-21-32(39)40)6-4-15-45-29-20-24(10-12-26(29)36-33(41)34(42)43)7-5-16-46-30-18-22(2)8-13-27(30)47-17-14-31(37)38/h8-13,18-20,35H,3-7,14-17,21H2,1-2H3,(H,36,41)(H,37,38)(H,39,40)(H,42,43). The maximum Gasteiger partial charge on any atom is 0.394 e. The molecule has 0 spiro atoms. The van der Waals surface area contributed by atoms with Crippen molar-refractivity contribution in [2.45, 2.75) is 46.0 Å². The van der Waals surface area contributed by atoms with Crippen LogP contribution in [0.3, 0.4) is 0 Å². The number of carboxylic acids is 3. The quantitative estimate of drug-likeness (QED) is 0.0830. The third kappa shape index (κ3) is 12.5. The Bertz CT molecular complexity index is 1540. The molecule has 0 aliphatic carbocycles. The van der Waals surface area contributed by atoms with E-state index in [4.69, 9.17) is 34.3 Å². The van der Waals surface area contributed by atoms with Crippen LogP contribution in [0, 0.1) is 6.92 Å². The molecule has 3 rings (SSSR count). The molecule has 3 aromatic carbocycles. The molecule has 252 valence electrons. The van der Waals surface area contributed by atoms with Crippen LogP contribution in [0.15, 0.2) is 54.6 Å². The number of nitrogens with one attached hydrogen (secondary N) is 2. The van der Waals surface area contributed by atoms with Crippen LogP contribution in [0.5, 0.6) is 23.0 Å². The van der Waals surface area contributed by atoms with Crippen molar-refractivity contribution in [3.63, 3.8) is 0 Å². The molecule has 0 saturated heterocycles. The third-order valence-corrected chi connectivity index (χ3v) is 6.67. The summed E-state index contributed by atoms with van der Waals surface area (Å²) in [7, 11) is 0. The smallest absolute Gasteiger partial charge is 0.394 e. The summed E-state index contributed by atoms with van der Waals surface area (Å²) < 4.78 is 23.2. The summed E-state index contributed by atoms with van der Waals surface area (Å²) in [6.07, 6.45) is 2.28. The van der Waals surface area contributed by atoms with Gasteiger partial charge in [-0.2, -0.15) is 0 Å². The molecule has 0 saturated carbocycles. The number of ether oxygens (including phenoxy) is 4. The van der Waals surface area contributed by atoms with E-state index in [0.29, 0.717) is 67.6 Å². The minimum atomic E-state index is -1.62. The van der Waals surface area contributed by atoms with E-state index in [-0.39, 0.29) is 31.9 Å². The number of carbonyl (C=O) groups excluding carboxylic acids is 1. The highest BCUT2D eigenvalue weighted by Crippen LogP contribution is 2.30. The van der Waals surface area contributed by atoms with E-state index in [9.17, 15) is 19.2 Å². The summed E-state index contributed by atoms with van der Waals surface area (Å²) in [6, 6.07) is 16.0. The molecule has 0 heterocycles. The summed E-state index contributed by atoms with van der Waals surface area (Å²) in [5.74, 6) is -2.88. The number of hydrogen-bond acceptors (Lipinski definition) is 9. The van der Waals surface area contributed by atoms with Crippen LogP contribution in [0.25, 0.3) is 0 Å². The van der Waals surface area contributed by atoms with Gasteiger partial charge in [0.05, 0.1) is 44.2 Å². The number of carboxylic acid groups (broad SMARTS) is 3. The fraction of sp³-hybridized carbons (Fsp3) is 0.353. The van der Waals surface area contributed by atoms with Crippen LogP contribution in [0.2, 0.25) is 0 Å². The van der Waals surface area contributed by atoms with Crippen molar-refractivity contribution >= 4 is 35.2 Å². The van der Waals surface area contributed by atoms with Crippen LogP contribution < -0.4 is 29.6 Å². The van der Waals surface area contributed by atoms with Gasteiger partial charge in [0, 0.05) is 0 Å². The first-order valence-electron chi connectivity index (χ1n) is 15.1. The molecule has 0 aliphatic heterocycles. The molecule has 0 bridgehead atoms. The van der Waals surface area contributed by atoms with Crippen LogP contribution in [-0.2, 0) is 32.0 Å². The zero-order chi connectivity index (χ0) is 34.2. The molecule has 0 fully saturated rings. The van der Waals surface area contributed by atoms with Crippen LogP contribution in [0.1, 0.15) is 42.9 Å². The zero-order valence-corrected chi connectivity index (χ0v) is 26.4. The van der Waals surface area contributed by atoms with E-state index in [1.54, 1.807) is 30.3 Å². The highest BCUT2D eigenvalue weighted by molar-refractivity contribution is 6.36. The molecule has 13 nitrogen and oxygen atoms in total. The fourth-order valence-electron chi connectivity index (χ4n) is 4.45. The Morgan fingerprint density at radius 3 is 1.85 bits per heavy atom. The van der Waals surface area contributed by atoms with Gasteiger partial charge in [0.25, 0.3) is 0 Å².